The Balaban J connectivity index is 1.97. The van der Waals surface area contributed by atoms with E-state index >= 15 is 0 Å². The number of nitriles is 1. The first kappa shape index (κ1) is 14.5. The van der Waals surface area contributed by atoms with Crippen molar-refractivity contribution in [2.45, 2.75) is 13.3 Å². The number of aromatic nitrogens is 1. The topological polar surface area (TPSA) is 86.0 Å². The SMILES string of the molecule is Cc1ccc(C#N)c(NCCc2ccc(C(=O)O)cc2)n1. The maximum atomic E-state index is 10.8. The van der Waals surface area contributed by atoms with Crippen LogP contribution in [0.1, 0.15) is 27.2 Å². The summed E-state index contributed by atoms with van der Waals surface area (Å²) in [5, 5.41) is 21.0. The second-order valence-corrected chi connectivity index (χ2v) is 4.64. The zero-order chi connectivity index (χ0) is 15.2. The number of carboxylic acid groups (broad SMARTS) is 1. The third-order valence-electron chi connectivity index (χ3n) is 3.06. The Labute approximate surface area is 122 Å². The molecule has 1 aromatic carbocycles. The Bertz CT molecular complexity index is 688. The van der Waals surface area contributed by atoms with E-state index in [0.717, 1.165) is 17.7 Å². The van der Waals surface area contributed by atoms with E-state index in [4.69, 9.17) is 10.4 Å². The van der Waals surface area contributed by atoms with Crippen molar-refractivity contribution >= 4 is 11.8 Å². The van der Waals surface area contributed by atoms with Crippen molar-refractivity contribution in [3.8, 4) is 6.07 Å². The number of carboxylic acids is 1. The molecule has 1 aromatic heterocycles. The van der Waals surface area contributed by atoms with Crippen LogP contribution in [-0.4, -0.2) is 22.6 Å². The summed E-state index contributed by atoms with van der Waals surface area (Å²) in [6.45, 7) is 2.49. The van der Waals surface area contributed by atoms with Gasteiger partial charge in [-0.05, 0) is 43.2 Å². The molecular weight excluding hydrogens is 266 g/mol. The molecule has 0 radical (unpaired) electrons. The molecule has 2 aromatic rings. The molecule has 0 saturated heterocycles. The summed E-state index contributed by atoms with van der Waals surface area (Å²) in [5.74, 6) is -0.345. The van der Waals surface area contributed by atoms with E-state index in [1.54, 1.807) is 36.4 Å². The first-order valence-electron chi connectivity index (χ1n) is 6.54. The molecule has 106 valence electrons. The number of hydrogen-bond donors (Lipinski definition) is 2. The fourth-order valence-corrected chi connectivity index (χ4v) is 1.92. The van der Waals surface area contributed by atoms with Crippen molar-refractivity contribution in [2.75, 3.05) is 11.9 Å². The molecule has 5 heteroatoms. The number of carbonyl (C=O) groups is 1. The summed E-state index contributed by atoms with van der Waals surface area (Å²) in [5.41, 5.74) is 2.67. The highest BCUT2D eigenvalue weighted by molar-refractivity contribution is 5.87. The molecule has 0 aliphatic rings. The minimum atomic E-state index is -0.928. The standard InChI is InChI=1S/C16H15N3O2/c1-11-2-5-14(10-17)15(19-11)18-9-8-12-3-6-13(7-4-12)16(20)21/h2-7H,8-9H2,1H3,(H,18,19)(H,20,21). The fraction of sp³-hybridized carbons (Fsp3) is 0.188. The predicted octanol–water partition coefficient (Wildman–Crippen LogP) is 2.61. The van der Waals surface area contributed by atoms with Crippen molar-refractivity contribution in [2.24, 2.45) is 0 Å². The van der Waals surface area contributed by atoms with Crippen molar-refractivity contribution < 1.29 is 9.90 Å². The zero-order valence-corrected chi connectivity index (χ0v) is 11.6. The second-order valence-electron chi connectivity index (χ2n) is 4.64. The van der Waals surface area contributed by atoms with Gasteiger partial charge in [-0.2, -0.15) is 5.26 Å². The molecule has 0 fully saturated rings. The number of pyridine rings is 1. The molecule has 0 bridgehead atoms. The van der Waals surface area contributed by atoms with Gasteiger partial charge in [-0.1, -0.05) is 12.1 Å². The number of benzene rings is 1. The van der Waals surface area contributed by atoms with Crippen molar-refractivity contribution in [3.05, 3.63) is 58.8 Å². The predicted molar refractivity (Wildman–Crippen MR) is 79.3 cm³/mol. The number of rotatable bonds is 5. The van der Waals surface area contributed by atoms with E-state index in [-0.39, 0.29) is 5.56 Å². The van der Waals surface area contributed by atoms with Crippen LogP contribution in [0.5, 0.6) is 0 Å². The Hall–Kier alpha value is -2.87. The number of nitrogens with zero attached hydrogens (tertiary/aromatic N) is 2. The smallest absolute Gasteiger partial charge is 0.335 e. The van der Waals surface area contributed by atoms with Gasteiger partial charge >= 0.3 is 5.97 Å². The van der Waals surface area contributed by atoms with Crippen LogP contribution < -0.4 is 5.32 Å². The molecule has 0 aliphatic heterocycles. The summed E-state index contributed by atoms with van der Waals surface area (Å²) in [6, 6.07) is 12.4. The molecule has 0 unspecified atom stereocenters. The third-order valence-corrected chi connectivity index (χ3v) is 3.06. The Morgan fingerprint density at radius 2 is 2.00 bits per heavy atom. The van der Waals surface area contributed by atoms with Gasteiger partial charge in [0.15, 0.2) is 0 Å². The largest absolute Gasteiger partial charge is 0.478 e. The summed E-state index contributed by atoms with van der Waals surface area (Å²) >= 11 is 0. The van der Waals surface area contributed by atoms with E-state index in [1.807, 2.05) is 6.92 Å². The van der Waals surface area contributed by atoms with E-state index in [9.17, 15) is 4.79 Å². The van der Waals surface area contributed by atoms with Crippen LogP contribution in [0.4, 0.5) is 5.82 Å². The molecule has 0 atom stereocenters. The van der Waals surface area contributed by atoms with Crippen molar-refractivity contribution in [1.82, 2.24) is 4.98 Å². The summed E-state index contributed by atoms with van der Waals surface area (Å²) < 4.78 is 0. The van der Waals surface area contributed by atoms with Gasteiger partial charge < -0.3 is 10.4 Å². The third kappa shape index (κ3) is 3.80. The molecule has 21 heavy (non-hydrogen) atoms. The number of anilines is 1. The summed E-state index contributed by atoms with van der Waals surface area (Å²) in [7, 11) is 0. The minimum absolute atomic E-state index is 0.277. The molecule has 2 rings (SSSR count). The van der Waals surface area contributed by atoms with Gasteiger partial charge in [-0.25, -0.2) is 9.78 Å². The number of nitrogens with one attached hydrogen (secondary N) is 1. The molecule has 0 aliphatic carbocycles. The summed E-state index contributed by atoms with van der Waals surface area (Å²) in [4.78, 5) is 15.1. The Kier molecular flexibility index (Phi) is 4.52. The van der Waals surface area contributed by atoms with Crippen LogP contribution in [0.3, 0.4) is 0 Å². The highest BCUT2D eigenvalue weighted by Gasteiger charge is 2.04. The Morgan fingerprint density at radius 3 is 2.62 bits per heavy atom. The summed E-state index contributed by atoms with van der Waals surface area (Å²) in [6.07, 6.45) is 0.723. The molecule has 0 saturated carbocycles. The lowest BCUT2D eigenvalue weighted by Crippen LogP contribution is -2.08. The van der Waals surface area contributed by atoms with Crippen LogP contribution >= 0.6 is 0 Å². The van der Waals surface area contributed by atoms with Gasteiger partial charge in [0.1, 0.15) is 11.9 Å². The maximum Gasteiger partial charge on any atom is 0.335 e. The Morgan fingerprint density at radius 1 is 1.29 bits per heavy atom. The normalized spacial score (nSPS) is 9.90. The minimum Gasteiger partial charge on any atom is -0.478 e. The molecule has 2 N–H and O–H groups in total. The fourth-order valence-electron chi connectivity index (χ4n) is 1.92. The van der Waals surface area contributed by atoms with Gasteiger partial charge in [0, 0.05) is 12.2 Å². The number of aryl methyl sites for hydroxylation is 1. The second kappa shape index (κ2) is 6.53. The molecule has 1 heterocycles. The van der Waals surface area contributed by atoms with E-state index in [0.29, 0.717) is 17.9 Å². The van der Waals surface area contributed by atoms with E-state index in [1.165, 1.54) is 0 Å². The molecule has 5 nitrogen and oxygen atoms in total. The van der Waals surface area contributed by atoms with Crippen LogP contribution in [0, 0.1) is 18.3 Å². The maximum absolute atomic E-state index is 10.8. The zero-order valence-electron chi connectivity index (χ0n) is 11.6. The average molecular weight is 281 g/mol. The van der Waals surface area contributed by atoms with Crippen LogP contribution in [0.25, 0.3) is 0 Å². The van der Waals surface area contributed by atoms with Gasteiger partial charge in [-0.3, -0.25) is 0 Å². The lowest BCUT2D eigenvalue weighted by molar-refractivity contribution is 0.0697. The lowest BCUT2D eigenvalue weighted by atomic mass is 10.1. The molecule has 0 amide bonds. The van der Waals surface area contributed by atoms with Crippen LogP contribution in [0.2, 0.25) is 0 Å². The first-order chi connectivity index (χ1) is 10.1. The average Bonchev–Trinajstić information content (AvgIpc) is 2.48. The van der Waals surface area contributed by atoms with Gasteiger partial charge in [0.05, 0.1) is 11.1 Å². The van der Waals surface area contributed by atoms with E-state index in [2.05, 4.69) is 16.4 Å². The van der Waals surface area contributed by atoms with Crippen LogP contribution in [0.15, 0.2) is 36.4 Å². The highest BCUT2D eigenvalue weighted by atomic mass is 16.4. The van der Waals surface area contributed by atoms with Gasteiger partial charge in [0.2, 0.25) is 0 Å². The number of hydrogen-bond acceptors (Lipinski definition) is 4. The first-order valence-corrected chi connectivity index (χ1v) is 6.54. The van der Waals surface area contributed by atoms with Gasteiger partial charge in [0.25, 0.3) is 0 Å². The number of aromatic carboxylic acids is 1. The van der Waals surface area contributed by atoms with E-state index < -0.39 is 5.97 Å². The van der Waals surface area contributed by atoms with Gasteiger partial charge in [-0.15, -0.1) is 0 Å². The lowest BCUT2D eigenvalue weighted by Gasteiger charge is -2.08. The monoisotopic (exact) mass is 281 g/mol. The highest BCUT2D eigenvalue weighted by Crippen LogP contribution is 2.12. The quantitative estimate of drug-likeness (QED) is 0.879. The molecular formula is C16H15N3O2. The molecule has 0 spiro atoms. The van der Waals surface area contributed by atoms with Crippen molar-refractivity contribution in [1.29, 1.82) is 5.26 Å². The van der Waals surface area contributed by atoms with Crippen molar-refractivity contribution in [3.63, 3.8) is 0 Å². The van der Waals surface area contributed by atoms with Crippen LogP contribution in [-0.2, 0) is 6.42 Å².